The van der Waals surface area contributed by atoms with Gasteiger partial charge in [0.1, 0.15) is 11.9 Å². The lowest BCUT2D eigenvalue weighted by molar-refractivity contribution is -0.384. The van der Waals surface area contributed by atoms with Crippen LogP contribution in [0.5, 0.6) is 0 Å². The van der Waals surface area contributed by atoms with Crippen molar-refractivity contribution in [1.29, 1.82) is 0 Å². The number of thioether (sulfide) groups is 1. The van der Waals surface area contributed by atoms with E-state index in [-0.39, 0.29) is 23.9 Å². The van der Waals surface area contributed by atoms with E-state index in [1.54, 1.807) is 12.1 Å². The minimum atomic E-state index is -0.651. The molecular weight excluding hydrogens is 454 g/mol. The highest BCUT2D eigenvalue weighted by atomic mass is 32.2. The third kappa shape index (κ3) is 5.17. The Morgan fingerprint density at radius 3 is 2.85 bits per heavy atom. The largest absolute Gasteiger partial charge is 0.356 e. The van der Waals surface area contributed by atoms with Crippen molar-refractivity contribution in [2.45, 2.75) is 44.4 Å². The van der Waals surface area contributed by atoms with Crippen molar-refractivity contribution >= 4 is 46.0 Å². The van der Waals surface area contributed by atoms with Gasteiger partial charge in [0.2, 0.25) is 5.91 Å². The fraction of sp³-hybridized carbons (Fsp3) is 0.333. The van der Waals surface area contributed by atoms with Crippen LogP contribution in [0.4, 0.5) is 11.4 Å². The lowest BCUT2D eigenvalue weighted by Crippen LogP contribution is -2.41. The van der Waals surface area contributed by atoms with Gasteiger partial charge in [-0.3, -0.25) is 24.7 Å². The average molecular weight is 480 g/mol. The number of para-hydroxylation sites is 1. The minimum Gasteiger partial charge on any atom is -0.356 e. The van der Waals surface area contributed by atoms with Gasteiger partial charge in [0, 0.05) is 36.4 Å². The van der Waals surface area contributed by atoms with Crippen molar-refractivity contribution < 1.29 is 14.5 Å². The molecule has 2 aromatic carbocycles. The Balaban J connectivity index is 1.51. The second kappa shape index (κ2) is 10.6. The van der Waals surface area contributed by atoms with E-state index in [0.29, 0.717) is 35.4 Å². The van der Waals surface area contributed by atoms with Crippen molar-refractivity contribution in [2.75, 3.05) is 6.54 Å². The van der Waals surface area contributed by atoms with Crippen LogP contribution in [0.25, 0.3) is 0 Å². The number of non-ortho nitro benzene ring substituents is 1. The zero-order chi connectivity index (χ0) is 24.1. The molecule has 0 bridgehead atoms. The van der Waals surface area contributed by atoms with Gasteiger partial charge in [0.25, 0.3) is 11.6 Å². The molecule has 1 unspecified atom stereocenters. The summed E-state index contributed by atoms with van der Waals surface area (Å²) in [6.07, 6.45) is 2.46. The molecule has 0 aliphatic carbocycles. The first-order valence-corrected chi connectivity index (χ1v) is 12.2. The molecule has 0 aromatic heterocycles. The molecule has 176 valence electrons. The number of aliphatic imine (C=N–C) groups is 2. The van der Waals surface area contributed by atoms with E-state index in [1.807, 2.05) is 24.3 Å². The normalized spacial score (nSPS) is 16.4. The van der Waals surface area contributed by atoms with Crippen molar-refractivity contribution in [2.24, 2.45) is 9.98 Å². The predicted octanol–water partition coefficient (Wildman–Crippen LogP) is 4.18. The van der Waals surface area contributed by atoms with Crippen LogP contribution < -0.4 is 5.32 Å². The summed E-state index contributed by atoms with van der Waals surface area (Å²) in [5, 5.41) is 14.4. The van der Waals surface area contributed by atoms with Gasteiger partial charge in [0.15, 0.2) is 5.17 Å². The molecule has 0 fully saturated rings. The molecule has 0 radical (unpaired) electrons. The maximum absolute atomic E-state index is 13.3. The average Bonchev–Trinajstić information content (AvgIpc) is 3.18. The van der Waals surface area contributed by atoms with E-state index in [9.17, 15) is 19.7 Å². The number of rotatable bonds is 9. The molecule has 0 saturated carbocycles. The lowest BCUT2D eigenvalue weighted by Gasteiger charge is -2.25. The molecule has 34 heavy (non-hydrogen) atoms. The van der Waals surface area contributed by atoms with Crippen LogP contribution in [0, 0.1) is 10.1 Å². The first-order valence-electron chi connectivity index (χ1n) is 11.2. The maximum atomic E-state index is 13.3. The molecule has 2 aliphatic heterocycles. The summed E-state index contributed by atoms with van der Waals surface area (Å²) in [6.45, 7) is 2.69. The van der Waals surface area contributed by atoms with Gasteiger partial charge < -0.3 is 5.32 Å². The highest BCUT2D eigenvalue weighted by Crippen LogP contribution is 2.35. The first-order chi connectivity index (χ1) is 16.5. The van der Waals surface area contributed by atoms with E-state index in [1.165, 1.54) is 28.8 Å². The number of nitrogens with one attached hydrogen (secondary N) is 1. The molecule has 2 aromatic rings. The summed E-state index contributed by atoms with van der Waals surface area (Å²) in [6, 6.07) is 13.2. The highest BCUT2D eigenvalue weighted by molar-refractivity contribution is 8.13. The molecule has 2 aliphatic rings. The van der Waals surface area contributed by atoms with Crippen LogP contribution in [0.2, 0.25) is 0 Å². The van der Waals surface area contributed by atoms with Gasteiger partial charge in [-0.05, 0) is 30.5 Å². The number of nitro benzene ring substituents is 1. The van der Waals surface area contributed by atoms with Gasteiger partial charge in [-0.15, -0.1) is 0 Å². The monoisotopic (exact) mass is 479 g/mol. The van der Waals surface area contributed by atoms with Crippen LogP contribution in [-0.4, -0.2) is 45.2 Å². The highest BCUT2D eigenvalue weighted by Gasteiger charge is 2.41. The number of amides is 2. The Hall–Kier alpha value is -3.53. The number of carbonyl (C=O) groups excluding carboxylic acids is 2. The fourth-order valence-corrected chi connectivity index (χ4v) is 4.70. The van der Waals surface area contributed by atoms with Crippen LogP contribution in [0.3, 0.4) is 0 Å². The van der Waals surface area contributed by atoms with E-state index in [4.69, 9.17) is 0 Å². The lowest BCUT2D eigenvalue weighted by atomic mass is 10.1. The van der Waals surface area contributed by atoms with Crippen LogP contribution in [0.1, 0.15) is 43.7 Å². The van der Waals surface area contributed by atoms with E-state index >= 15 is 0 Å². The zero-order valence-corrected chi connectivity index (χ0v) is 19.6. The predicted molar refractivity (Wildman–Crippen MR) is 132 cm³/mol. The Bertz CT molecular complexity index is 1180. The first kappa shape index (κ1) is 23.6. The molecule has 4 rings (SSSR count). The van der Waals surface area contributed by atoms with E-state index in [2.05, 4.69) is 22.2 Å². The molecule has 2 heterocycles. The quantitative estimate of drug-likeness (QED) is 0.329. The third-order valence-corrected chi connectivity index (χ3v) is 6.54. The van der Waals surface area contributed by atoms with Gasteiger partial charge in [-0.1, -0.05) is 49.4 Å². The van der Waals surface area contributed by atoms with Crippen LogP contribution in [0.15, 0.2) is 58.5 Å². The number of hydrogen-bond acceptors (Lipinski definition) is 7. The summed E-state index contributed by atoms with van der Waals surface area (Å²) in [4.78, 5) is 46.9. The maximum Gasteiger partial charge on any atom is 0.269 e. The molecule has 10 heteroatoms. The van der Waals surface area contributed by atoms with Gasteiger partial charge >= 0.3 is 0 Å². The SMILES string of the molecule is CCCCNC(=O)CCC1N=C2c3ccccc3N=C(SCc3cccc([N+](=O)[O-])c3)N2C1=O. The topological polar surface area (TPSA) is 117 Å². The smallest absolute Gasteiger partial charge is 0.269 e. The second-order valence-electron chi connectivity index (χ2n) is 8.01. The fourth-order valence-electron chi connectivity index (χ4n) is 3.76. The molecular formula is C24H25N5O4S. The molecule has 0 spiro atoms. The summed E-state index contributed by atoms with van der Waals surface area (Å²) < 4.78 is 0. The summed E-state index contributed by atoms with van der Waals surface area (Å²) in [5.41, 5.74) is 2.26. The zero-order valence-electron chi connectivity index (χ0n) is 18.8. The standard InChI is InChI=1S/C24H25N5O4S/c1-2-3-13-25-21(30)12-11-20-23(31)28-22(26-20)18-9-4-5-10-19(18)27-24(28)34-15-16-7-6-8-17(14-16)29(32)33/h4-10,14,20H,2-3,11-13,15H2,1H3,(H,25,30). The van der Waals surface area contributed by atoms with Crippen LogP contribution >= 0.6 is 11.8 Å². The molecule has 0 saturated heterocycles. The van der Waals surface area contributed by atoms with Crippen molar-refractivity contribution in [1.82, 2.24) is 10.2 Å². The molecule has 1 N–H and O–H groups in total. The summed E-state index contributed by atoms with van der Waals surface area (Å²) in [7, 11) is 0. The Labute approximate surface area is 201 Å². The van der Waals surface area contributed by atoms with Crippen molar-refractivity contribution in [3.8, 4) is 0 Å². The number of carbonyl (C=O) groups is 2. The van der Waals surface area contributed by atoms with Gasteiger partial charge in [-0.2, -0.15) is 0 Å². The van der Waals surface area contributed by atoms with Crippen molar-refractivity contribution in [3.63, 3.8) is 0 Å². The molecule has 2 amide bonds. The van der Waals surface area contributed by atoms with Crippen LogP contribution in [-0.2, 0) is 15.3 Å². The second-order valence-corrected chi connectivity index (χ2v) is 8.95. The summed E-state index contributed by atoms with van der Waals surface area (Å²) >= 11 is 1.33. The van der Waals surface area contributed by atoms with Crippen molar-refractivity contribution in [3.05, 3.63) is 69.8 Å². The summed E-state index contributed by atoms with van der Waals surface area (Å²) in [5.74, 6) is 0.648. The Morgan fingerprint density at radius 1 is 1.24 bits per heavy atom. The Morgan fingerprint density at radius 2 is 2.06 bits per heavy atom. The van der Waals surface area contributed by atoms with Gasteiger partial charge in [0.05, 0.1) is 10.6 Å². The number of unbranched alkanes of at least 4 members (excludes halogenated alkanes) is 1. The number of hydrogen-bond donors (Lipinski definition) is 1. The molecule has 1 atom stereocenters. The molecule has 9 nitrogen and oxygen atoms in total. The Kier molecular flexibility index (Phi) is 7.36. The van der Waals surface area contributed by atoms with E-state index in [0.717, 1.165) is 24.0 Å². The third-order valence-electron chi connectivity index (χ3n) is 5.53. The van der Waals surface area contributed by atoms with Gasteiger partial charge in [-0.25, -0.2) is 9.89 Å². The number of nitrogens with zero attached hydrogens (tertiary/aromatic N) is 4. The number of nitro groups is 1. The number of fused-ring (bicyclic) bond motifs is 3. The minimum absolute atomic E-state index is 0.0193. The number of benzene rings is 2. The number of amidine groups is 2. The van der Waals surface area contributed by atoms with E-state index < -0.39 is 11.0 Å².